The number of hydrogen-bond acceptors (Lipinski definition) is 7. The van der Waals surface area contributed by atoms with Crippen molar-refractivity contribution in [2.45, 2.75) is 70.4 Å². The van der Waals surface area contributed by atoms with Crippen molar-refractivity contribution in [1.29, 1.82) is 0 Å². The van der Waals surface area contributed by atoms with Crippen molar-refractivity contribution in [1.82, 2.24) is 25.9 Å². The van der Waals surface area contributed by atoms with Gasteiger partial charge in [-0.2, -0.15) is 0 Å². The minimum Gasteiger partial charge on any atom is -0.445 e. The lowest BCUT2D eigenvalue weighted by atomic mass is 9.96. The number of rotatable bonds is 16. The molecule has 0 radical (unpaired) electrons. The summed E-state index contributed by atoms with van der Waals surface area (Å²) in [5.41, 5.74) is 7.48. The Balaban J connectivity index is 1.58. The number of primary amides is 1. The van der Waals surface area contributed by atoms with Crippen molar-refractivity contribution in [3.63, 3.8) is 0 Å². The normalized spacial score (nSPS) is 13.7. The second-order valence-corrected chi connectivity index (χ2v) is 11.9. The molecule has 0 saturated carbocycles. The van der Waals surface area contributed by atoms with Crippen LogP contribution in [0.1, 0.15) is 43.5 Å². The Hall–Kier alpha value is -5.23. The number of alkyl carbamates (subject to hydrolysis) is 1. The number of aromatic amines is 1. The quantitative estimate of drug-likeness (QED) is 0.108. The Morgan fingerprint density at radius 1 is 0.872 bits per heavy atom. The monoisotopic (exact) mass is 642 g/mol. The fourth-order valence-corrected chi connectivity index (χ4v) is 5.36. The number of nitrogens with two attached hydrogens (primary N) is 1. The number of amides is 4. The van der Waals surface area contributed by atoms with Crippen LogP contribution in [0.4, 0.5) is 4.79 Å². The maximum atomic E-state index is 14.0. The van der Waals surface area contributed by atoms with Gasteiger partial charge in [0.05, 0.1) is 24.9 Å². The molecular weight excluding hydrogens is 600 g/mol. The van der Waals surface area contributed by atoms with E-state index in [1.807, 2.05) is 86.6 Å². The number of carbonyl (C=O) groups is 4. The van der Waals surface area contributed by atoms with Crippen LogP contribution in [0.15, 0.2) is 85.3 Å². The number of H-pyrrole nitrogens is 1. The Morgan fingerprint density at radius 3 is 2.26 bits per heavy atom. The van der Waals surface area contributed by atoms with Gasteiger partial charge in [0.2, 0.25) is 17.7 Å². The molecule has 1 heterocycles. The number of carbonyl (C=O) groups excluding carboxylic acids is 4. The minimum absolute atomic E-state index is 0.00496. The van der Waals surface area contributed by atoms with Gasteiger partial charge in [-0.1, -0.05) is 86.6 Å². The second kappa shape index (κ2) is 16.9. The first kappa shape index (κ1) is 34.6. The summed E-state index contributed by atoms with van der Waals surface area (Å²) < 4.78 is 5.43. The average Bonchev–Trinajstić information content (AvgIpc) is 3.56. The van der Waals surface area contributed by atoms with Crippen LogP contribution in [0, 0.1) is 5.92 Å². The van der Waals surface area contributed by atoms with Crippen molar-refractivity contribution in [3.8, 4) is 0 Å². The van der Waals surface area contributed by atoms with Gasteiger partial charge in [0.15, 0.2) is 0 Å². The highest BCUT2D eigenvalue weighted by molar-refractivity contribution is 5.93. The largest absolute Gasteiger partial charge is 0.445 e. The number of aliphatic hydroxyl groups excluding tert-OH is 1. The van der Waals surface area contributed by atoms with Gasteiger partial charge in [-0.25, -0.2) is 9.78 Å². The molecule has 0 aliphatic rings. The van der Waals surface area contributed by atoms with Gasteiger partial charge in [0.1, 0.15) is 18.7 Å². The summed E-state index contributed by atoms with van der Waals surface area (Å²) in [4.78, 5) is 59.2. The molecule has 1 aromatic heterocycles. The van der Waals surface area contributed by atoms with Crippen LogP contribution in [0.2, 0.25) is 0 Å². The zero-order valence-corrected chi connectivity index (χ0v) is 26.5. The average molecular weight is 643 g/mol. The van der Waals surface area contributed by atoms with Crippen LogP contribution in [0.25, 0.3) is 10.8 Å². The molecule has 47 heavy (non-hydrogen) atoms. The van der Waals surface area contributed by atoms with E-state index < -0.39 is 48.0 Å². The number of aliphatic hydroxyl groups is 1. The lowest BCUT2D eigenvalue weighted by molar-refractivity contribution is -0.131. The third-order valence-electron chi connectivity index (χ3n) is 7.66. The maximum absolute atomic E-state index is 14.0. The highest BCUT2D eigenvalue weighted by Crippen LogP contribution is 2.20. The summed E-state index contributed by atoms with van der Waals surface area (Å²) in [5, 5.41) is 20.9. The molecule has 0 unspecified atom stereocenters. The fourth-order valence-electron chi connectivity index (χ4n) is 5.36. The number of fused-ring (bicyclic) bond motifs is 1. The third-order valence-corrected chi connectivity index (χ3v) is 7.66. The van der Waals surface area contributed by atoms with Gasteiger partial charge in [-0.15, -0.1) is 0 Å². The lowest BCUT2D eigenvalue weighted by Gasteiger charge is -2.28. The van der Waals surface area contributed by atoms with E-state index in [1.165, 1.54) is 12.5 Å². The molecule has 12 nitrogen and oxygen atoms in total. The number of ether oxygens (including phenoxy) is 1. The van der Waals surface area contributed by atoms with Crippen molar-refractivity contribution in [2.24, 2.45) is 11.7 Å². The first-order valence-electron chi connectivity index (χ1n) is 15.6. The molecule has 3 aromatic carbocycles. The lowest BCUT2D eigenvalue weighted by Crippen LogP contribution is -2.57. The van der Waals surface area contributed by atoms with Gasteiger partial charge in [-0.3, -0.25) is 14.4 Å². The number of nitrogens with zero attached hydrogens (tertiary/aromatic N) is 1. The number of aromatic nitrogens is 2. The molecule has 0 aliphatic carbocycles. The second-order valence-electron chi connectivity index (χ2n) is 11.9. The van der Waals surface area contributed by atoms with Gasteiger partial charge in [0, 0.05) is 24.7 Å². The van der Waals surface area contributed by atoms with E-state index in [1.54, 1.807) is 0 Å². The first-order valence-corrected chi connectivity index (χ1v) is 15.6. The van der Waals surface area contributed by atoms with E-state index in [0.29, 0.717) is 12.1 Å². The molecule has 4 atom stereocenters. The van der Waals surface area contributed by atoms with Crippen molar-refractivity contribution >= 4 is 34.6 Å². The van der Waals surface area contributed by atoms with Crippen molar-refractivity contribution in [3.05, 3.63) is 102 Å². The Morgan fingerprint density at radius 2 is 1.55 bits per heavy atom. The number of benzene rings is 3. The fraction of sp³-hybridized carbons (Fsp3) is 0.343. The molecule has 4 amide bonds. The number of hydrogen-bond donors (Lipinski definition) is 6. The van der Waals surface area contributed by atoms with Crippen LogP contribution in [0.5, 0.6) is 0 Å². The van der Waals surface area contributed by atoms with Crippen LogP contribution in [-0.2, 0) is 38.6 Å². The van der Waals surface area contributed by atoms with Crippen LogP contribution in [-0.4, -0.2) is 63.1 Å². The summed E-state index contributed by atoms with van der Waals surface area (Å²) >= 11 is 0. The smallest absolute Gasteiger partial charge is 0.408 e. The highest BCUT2D eigenvalue weighted by Gasteiger charge is 2.31. The molecule has 12 heteroatoms. The van der Waals surface area contributed by atoms with Crippen LogP contribution >= 0.6 is 0 Å². The zero-order chi connectivity index (χ0) is 33.8. The predicted octanol–water partition coefficient (Wildman–Crippen LogP) is 2.90. The van der Waals surface area contributed by atoms with Gasteiger partial charge >= 0.3 is 6.09 Å². The summed E-state index contributed by atoms with van der Waals surface area (Å²) in [7, 11) is 0. The molecule has 7 N–H and O–H groups in total. The van der Waals surface area contributed by atoms with E-state index in [4.69, 9.17) is 10.5 Å². The van der Waals surface area contributed by atoms with E-state index in [0.717, 1.165) is 21.9 Å². The van der Waals surface area contributed by atoms with Crippen molar-refractivity contribution in [2.75, 3.05) is 0 Å². The SMILES string of the molecule is CC(C)C[C@H](NC(=O)[C@H](Cc1cnc[nH]1)NC(=O)[C@H](Cc1cccc2ccccc12)NC(=O)OCc1ccccc1)[C@@H](O)CC(N)=O. The van der Waals surface area contributed by atoms with E-state index in [-0.39, 0.29) is 31.8 Å². The molecule has 0 saturated heterocycles. The number of imidazole rings is 1. The van der Waals surface area contributed by atoms with Gasteiger partial charge in [-0.05, 0) is 34.2 Å². The van der Waals surface area contributed by atoms with Crippen molar-refractivity contribution < 1.29 is 29.0 Å². The molecule has 4 rings (SSSR count). The third kappa shape index (κ3) is 10.7. The maximum Gasteiger partial charge on any atom is 0.408 e. The van der Waals surface area contributed by atoms with Gasteiger partial charge < -0.3 is 36.5 Å². The van der Waals surface area contributed by atoms with E-state index >= 15 is 0 Å². The summed E-state index contributed by atoms with van der Waals surface area (Å²) in [6, 6.07) is 19.5. The highest BCUT2D eigenvalue weighted by atomic mass is 16.5. The Bertz CT molecular complexity index is 1620. The number of nitrogens with one attached hydrogen (secondary N) is 4. The molecule has 4 aromatic rings. The van der Waals surface area contributed by atoms with E-state index in [2.05, 4.69) is 25.9 Å². The Labute approximate surface area is 273 Å². The minimum atomic E-state index is -1.22. The molecule has 0 fully saturated rings. The zero-order valence-electron chi connectivity index (χ0n) is 26.5. The van der Waals surface area contributed by atoms with E-state index in [9.17, 15) is 24.3 Å². The standard InChI is InChI=1S/C35H42N6O6/c1-22(2)15-28(31(42)18-32(36)43)39-34(45)30(17-26-19-37-21-38-26)40-33(44)29(41-35(46)47-20-23-9-4-3-5-10-23)16-25-13-8-12-24-11-6-7-14-27(24)25/h3-14,19,21-22,28-31,42H,15-18,20H2,1-2H3,(H2,36,43)(H,37,38)(H,39,45)(H,40,44)(H,41,46)/t28-,29-,30-,31-/m0/s1. The molecule has 0 aliphatic heterocycles. The summed E-state index contributed by atoms with van der Waals surface area (Å²) in [5.74, 6) is -1.84. The molecule has 0 bridgehead atoms. The topological polar surface area (TPSA) is 189 Å². The van der Waals surface area contributed by atoms with Crippen LogP contribution < -0.4 is 21.7 Å². The molecular formula is C35H42N6O6. The predicted molar refractivity (Wildman–Crippen MR) is 177 cm³/mol. The summed E-state index contributed by atoms with van der Waals surface area (Å²) in [6.07, 6.45) is 1.15. The first-order chi connectivity index (χ1) is 22.6. The van der Waals surface area contributed by atoms with Gasteiger partial charge in [0.25, 0.3) is 0 Å². The molecule has 248 valence electrons. The van der Waals surface area contributed by atoms with Crippen LogP contribution in [0.3, 0.4) is 0 Å². The Kier molecular flexibility index (Phi) is 12.5. The molecule has 0 spiro atoms. The summed E-state index contributed by atoms with van der Waals surface area (Å²) in [6.45, 7) is 3.84.